The highest BCUT2D eigenvalue weighted by Gasteiger charge is 2.28. The Hall–Kier alpha value is -0.540. The predicted octanol–water partition coefficient (Wildman–Crippen LogP) is 3.98. The Balaban J connectivity index is 1.42. The van der Waals surface area contributed by atoms with Crippen LogP contribution in [0.4, 0.5) is 5.69 Å². The van der Waals surface area contributed by atoms with Crippen LogP contribution in [0, 0.1) is 11.8 Å². The van der Waals surface area contributed by atoms with Gasteiger partial charge in [-0.3, -0.25) is 0 Å². The van der Waals surface area contributed by atoms with Gasteiger partial charge in [-0.15, -0.1) is 0 Å². The number of rotatable bonds is 8. The third-order valence-corrected chi connectivity index (χ3v) is 4.50. The Morgan fingerprint density at radius 2 is 1.79 bits per heavy atom. The molecular weight excluding hydrogens is 300 g/mol. The quantitative estimate of drug-likeness (QED) is 0.778. The second kappa shape index (κ2) is 6.27. The molecule has 2 nitrogen and oxygen atoms in total. The van der Waals surface area contributed by atoms with Gasteiger partial charge in [0, 0.05) is 36.3 Å². The molecule has 0 unspecified atom stereocenters. The topological polar surface area (TPSA) is 15.3 Å². The van der Waals surface area contributed by atoms with Gasteiger partial charge in [-0.05, 0) is 55.7 Å². The minimum atomic E-state index is 1.00. The maximum absolute atomic E-state index is 3.53. The molecule has 104 valence electrons. The second-order valence-electron chi connectivity index (χ2n) is 6.08. The van der Waals surface area contributed by atoms with Crippen LogP contribution in [0.2, 0.25) is 0 Å². The van der Waals surface area contributed by atoms with Gasteiger partial charge in [0.1, 0.15) is 0 Å². The molecule has 2 fully saturated rings. The summed E-state index contributed by atoms with van der Waals surface area (Å²) >= 11 is 3.51. The molecule has 1 aromatic carbocycles. The van der Waals surface area contributed by atoms with Gasteiger partial charge in [0.2, 0.25) is 0 Å². The second-order valence-corrected chi connectivity index (χ2v) is 7.00. The van der Waals surface area contributed by atoms with Crippen molar-refractivity contribution in [3.05, 3.63) is 28.7 Å². The summed E-state index contributed by atoms with van der Waals surface area (Å²) in [5, 5.41) is 3.53. The highest BCUT2D eigenvalue weighted by atomic mass is 79.9. The van der Waals surface area contributed by atoms with Crippen LogP contribution >= 0.6 is 15.9 Å². The molecule has 0 atom stereocenters. The van der Waals surface area contributed by atoms with Gasteiger partial charge in [0.05, 0.1) is 0 Å². The van der Waals surface area contributed by atoms with Crippen molar-refractivity contribution in [1.29, 1.82) is 0 Å². The molecule has 0 spiro atoms. The zero-order valence-corrected chi connectivity index (χ0v) is 13.0. The van der Waals surface area contributed by atoms with Crippen LogP contribution in [-0.4, -0.2) is 31.1 Å². The molecule has 2 aliphatic rings. The first kappa shape index (κ1) is 13.4. The first-order chi connectivity index (χ1) is 9.29. The zero-order chi connectivity index (χ0) is 13.1. The third kappa shape index (κ3) is 4.81. The first-order valence-electron chi connectivity index (χ1n) is 7.51. The van der Waals surface area contributed by atoms with Crippen molar-refractivity contribution in [3.8, 4) is 0 Å². The molecule has 1 aromatic rings. The lowest BCUT2D eigenvalue weighted by atomic mass is 10.3. The third-order valence-electron chi connectivity index (χ3n) is 4.01. The van der Waals surface area contributed by atoms with Crippen molar-refractivity contribution in [3.63, 3.8) is 0 Å². The molecule has 1 N–H and O–H groups in total. The molecule has 0 aliphatic heterocycles. The van der Waals surface area contributed by atoms with E-state index in [1.165, 1.54) is 51.0 Å². The fraction of sp³-hybridized carbons (Fsp3) is 0.625. The highest BCUT2D eigenvalue weighted by molar-refractivity contribution is 9.10. The number of hydrogen-bond donors (Lipinski definition) is 1. The maximum Gasteiger partial charge on any atom is 0.0351 e. The smallest absolute Gasteiger partial charge is 0.0351 e. The molecular formula is C16H23BrN2. The van der Waals surface area contributed by atoms with Crippen LogP contribution in [0.5, 0.6) is 0 Å². The fourth-order valence-electron chi connectivity index (χ4n) is 2.55. The van der Waals surface area contributed by atoms with E-state index < -0.39 is 0 Å². The average Bonchev–Trinajstić information content (AvgIpc) is 3.25. The van der Waals surface area contributed by atoms with Crippen molar-refractivity contribution in [2.45, 2.75) is 25.7 Å². The Labute approximate surface area is 124 Å². The van der Waals surface area contributed by atoms with E-state index in [4.69, 9.17) is 0 Å². The van der Waals surface area contributed by atoms with E-state index in [2.05, 4.69) is 50.4 Å². The van der Waals surface area contributed by atoms with Crippen LogP contribution in [0.3, 0.4) is 0 Å². The molecule has 19 heavy (non-hydrogen) atoms. The van der Waals surface area contributed by atoms with Crippen molar-refractivity contribution in [2.24, 2.45) is 11.8 Å². The van der Waals surface area contributed by atoms with Crippen LogP contribution < -0.4 is 5.32 Å². The summed E-state index contributed by atoms with van der Waals surface area (Å²) in [6.07, 6.45) is 5.83. The van der Waals surface area contributed by atoms with Crippen molar-refractivity contribution < 1.29 is 0 Å². The van der Waals surface area contributed by atoms with Crippen LogP contribution in [0.25, 0.3) is 0 Å². The largest absolute Gasteiger partial charge is 0.384 e. The monoisotopic (exact) mass is 322 g/mol. The van der Waals surface area contributed by atoms with Crippen LogP contribution in [0.15, 0.2) is 28.7 Å². The predicted molar refractivity (Wildman–Crippen MR) is 84.5 cm³/mol. The molecule has 3 rings (SSSR count). The molecule has 0 aromatic heterocycles. The average molecular weight is 323 g/mol. The van der Waals surface area contributed by atoms with E-state index >= 15 is 0 Å². The van der Waals surface area contributed by atoms with Crippen LogP contribution in [-0.2, 0) is 0 Å². The highest BCUT2D eigenvalue weighted by Crippen LogP contribution is 2.33. The Morgan fingerprint density at radius 3 is 2.37 bits per heavy atom. The van der Waals surface area contributed by atoms with Crippen LogP contribution in [0.1, 0.15) is 25.7 Å². The molecule has 0 radical (unpaired) electrons. The van der Waals surface area contributed by atoms with Gasteiger partial charge in [0.25, 0.3) is 0 Å². The van der Waals surface area contributed by atoms with E-state index in [0.29, 0.717) is 0 Å². The molecule has 0 saturated heterocycles. The van der Waals surface area contributed by atoms with Gasteiger partial charge in [-0.25, -0.2) is 0 Å². The van der Waals surface area contributed by atoms with Gasteiger partial charge in [0.15, 0.2) is 0 Å². The number of nitrogens with zero attached hydrogens (tertiary/aromatic N) is 1. The minimum Gasteiger partial charge on any atom is -0.384 e. The van der Waals surface area contributed by atoms with E-state index in [9.17, 15) is 0 Å². The number of anilines is 1. The number of halogens is 1. The summed E-state index contributed by atoms with van der Waals surface area (Å²) in [6.45, 7) is 4.89. The summed E-state index contributed by atoms with van der Waals surface area (Å²) in [4.78, 5) is 2.68. The van der Waals surface area contributed by atoms with E-state index in [-0.39, 0.29) is 0 Å². The van der Waals surface area contributed by atoms with E-state index in [1.54, 1.807) is 0 Å². The Morgan fingerprint density at radius 1 is 1.11 bits per heavy atom. The number of nitrogens with one attached hydrogen (secondary N) is 1. The fourth-order valence-corrected chi connectivity index (χ4v) is 2.94. The van der Waals surface area contributed by atoms with E-state index in [0.717, 1.165) is 22.9 Å². The first-order valence-corrected chi connectivity index (χ1v) is 8.31. The standard InChI is InChI=1S/C16H23BrN2/c17-15-2-1-3-16(10-15)18-8-9-19(11-13-4-5-13)12-14-6-7-14/h1-3,10,13-14,18H,4-9,11-12H2. The number of benzene rings is 1. The zero-order valence-electron chi connectivity index (χ0n) is 11.4. The molecule has 2 saturated carbocycles. The normalized spacial score (nSPS) is 18.8. The summed E-state index contributed by atoms with van der Waals surface area (Å²) in [6, 6.07) is 8.43. The lowest BCUT2D eigenvalue weighted by molar-refractivity contribution is 0.262. The summed E-state index contributed by atoms with van der Waals surface area (Å²) in [5.41, 5.74) is 1.21. The number of hydrogen-bond acceptors (Lipinski definition) is 2. The van der Waals surface area contributed by atoms with E-state index in [1.807, 2.05) is 0 Å². The van der Waals surface area contributed by atoms with Gasteiger partial charge in [-0.1, -0.05) is 22.0 Å². The lowest BCUT2D eigenvalue weighted by Crippen LogP contribution is -2.32. The SMILES string of the molecule is Brc1cccc(NCCN(CC2CC2)CC2CC2)c1. The van der Waals surface area contributed by atoms with Gasteiger partial charge >= 0.3 is 0 Å². The summed E-state index contributed by atoms with van der Waals surface area (Å²) in [5.74, 6) is 2.01. The molecule has 3 heteroatoms. The molecule has 0 amide bonds. The molecule has 2 aliphatic carbocycles. The Bertz CT molecular complexity index is 399. The Kier molecular flexibility index (Phi) is 4.44. The molecule has 0 heterocycles. The van der Waals surface area contributed by atoms with Crippen molar-refractivity contribution in [1.82, 2.24) is 4.90 Å². The van der Waals surface area contributed by atoms with Crippen molar-refractivity contribution in [2.75, 3.05) is 31.5 Å². The molecule has 0 bridgehead atoms. The van der Waals surface area contributed by atoms with Gasteiger partial charge < -0.3 is 10.2 Å². The lowest BCUT2D eigenvalue weighted by Gasteiger charge is -2.22. The summed E-state index contributed by atoms with van der Waals surface area (Å²) in [7, 11) is 0. The van der Waals surface area contributed by atoms with Gasteiger partial charge in [-0.2, -0.15) is 0 Å². The maximum atomic E-state index is 3.53. The minimum absolute atomic E-state index is 1.00. The summed E-state index contributed by atoms with van der Waals surface area (Å²) < 4.78 is 1.14. The van der Waals surface area contributed by atoms with Crippen molar-refractivity contribution >= 4 is 21.6 Å².